The summed E-state index contributed by atoms with van der Waals surface area (Å²) in [6, 6.07) is 13.3. The fraction of sp³-hybridized carbons (Fsp3) is 0.190. The number of H-pyrrole nitrogens is 1. The zero-order chi connectivity index (χ0) is 22.1. The van der Waals surface area contributed by atoms with Gasteiger partial charge in [-0.05, 0) is 42.7 Å². The number of thiol groups is 1. The Hall–Kier alpha value is -3.21. The van der Waals surface area contributed by atoms with Crippen molar-refractivity contribution in [3.8, 4) is 0 Å². The highest BCUT2D eigenvalue weighted by atomic mass is 35.5. The summed E-state index contributed by atoms with van der Waals surface area (Å²) in [5.74, 6) is 1.35. The Bertz CT molecular complexity index is 1360. The van der Waals surface area contributed by atoms with E-state index in [-0.39, 0.29) is 6.54 Å². The van der Waals surface area contributed by atoms with Crippen LogP contribution in [0, 0.1) is 0 Å². The molecule has 1 aliphatic carbocycles. The molecule has 0 spiro atoms. The summed E-state index contributed by atoms with van der Waals surface area (Å²) in [7, 11) is -2.69. The van der Waals surface area contributed by atoms with Crippen LogP contribution in [0.3, 0.4) is 0 Å². The van der Waals surface area contributed by atoms with E-state index in [1.54, 1.807) is 0 Å². The molecule has 5 rings (SSSR count). The molecule has 0 atom stereocenters. The predicted octanol–water partition coefficient (Wildman–Crippen LogP) is 3.99. The standard InChI is InChI=1S/C21H20ClN7O2S/c22-16-11-23-21(25-14-7-8-15-18(9-14)28-29-19(15)12-5-6-12)27-20(16)26-17-4-2-1-3-13(17)10-24-32(30)31/h1-4,7-9,11-12,32H,5-6,10H2,(H,28,29)(H,24,30,31)(H2,23,25,26,27). The molecule has 2 aromatic carbocycles. The Morgan fingerprint density at radius 3 is 2.78 bits per heavy atom. The van der Waals surface area contributed by atoms with Crippen molar-refractivity contribution in [2.75, 3.05) is 10.6 Å². The van der Waals surface area contributed by atoms with E-state index in [1.165, 1.54) is 19.0 Å². The first-order valence-corrected chi connectivity index (χ1v) is 11.6. The number of nitrogens with zero attached hydrogens (tertiary/aromatic N) is 3. The van der Waals surface area contributed by atoms with Crippen molar-refractivity contribution < 1.29 is 8.42 Å². The molecular weight excluding hydrogens is 450 g/mol. The number of hydrogen-bond acceptors (Lipinski definition) is 7. The van der Waals surface area contributed by atoms with Gasteiger partial charge in [-0.2, -0.15) is 10.1 Å². The number of para-hydroxylation sites is 1. The number of benzene rings is 2. The summed E-state index contributed by atoms with van der Waals surface area (Å²) in [5, 5.41) is 15.4. The lowest BCUT2D eigenvalue weighted by Gasteiger charge is -2.13. The third-order valence-electron chi connectivity index (χ3n) is 5.23. The van der Waals surface area contributed by atoms with Gasteiger partial charge in [0.05, 0.1) is 17.4 Å². The normalized spacial score (nSPS) is 13.6. The average molecular weight is 470 g/mol. The van der Waals surface area contributed by atoms with Crippen LogP contribution >= 0.6 is 11.6 Å². The van der Waals surface area contributed by atoms with E-state index in [9.17, 15) is 8.42 Å². The number of aromatic amines is 1. The number of nitrogens with one attached hydrogen (secondary N) is 4. The molecule has 32 heavy (non-hydrogen) atoms. The van der Waals surface area contributed by atoms with Crippen molar-refractivity contribution in [2.45, 2.75) is 25.3 Å². The van der Waals surface area contributed by atoms with Gasteiger partial charge in [-0.15, -0.1) is 0 Å². The third-order valence-corrected chi connectivity index (χ3v) is 5.92. The maximum Gasteiger partial charge on any atom is 0.229 e. The van der Waals surface area contributed by atoms with Crippen LogP contribution in [0.15, 0.2) is 48.7 Å². The summed E-state index contributed by atoms with van der Waals surface area (Å²) in [6.07, 6.45) is 3.90. The minimum absolute atomic E-state index is 0.155. The zero-order valence-corrected chi connectivity index (χ0v) is 18.5. The molecule has 0 radical (unpaired) electrons. The summed E-state index contributed by atoms with van der Waals surface area (Å²) in [5.41, 5.74) is 4.36. The highest BCUT2D eigenvalue weighted by molar-refractivity contribution is 7.70. The van der Waals surface area contributed by atoms with E-state index >= 15 is 0 Å². The number of halogens is 1. The van der Waals surface area contributed by atoms with Crippen LogP contribution in [0.5, 0.6) is 0 Å². The topological polar surface area (TPSA) is 125 Å². The van der Waals surface area contributed by atoms with E-state index in [0.29, 0.717) is 28.4 Å². The van der Waals surface area contributed by atoms with Crippen LogP contribution in [-0.2, 0) is 17.4 Å². The van der Waals surface area contributed by atoms with Gasteiger partial charge in [0, 0.05) is 29.2 Å². The Morgan fingerprint density at radius 2 is 1.97 bits per heavy atom. The van der Waals surface area contributed by atoms with E-state index < -0.39 is 10.9 Å². The molecule has 0 saturated heterocycles. The number of rotatable bonds is 8. The van der Waals surface area contributed by atoms with Crippen LogP contribution in [-0.4, -0.2) is 28.6 Å². The lowest BCUT2D eigenvalue weighted by atomic mass is 10.1. The summed E-state index contributed by atoms with van der Waals surface area (Å²) in [6.45, 7) is 0.155. The van der Waals surface area contributed by atoms with Crippen LogP contribution in [0.4, 0.5) is 23.1 Å². The highest BCUT2D eigenvalue weighted by Gasteiger charge is 2.27. The van der Waals surface area contributed by atoms with Crippen LogP contribution in [0.2, 0.25) is 5.02 Å². The largest absolute Gasteiger partial charge is 0.339 e. The molecule has 0 aliphatic heterocycles. The Balaban J connectivity index is 1.37. The molecule has 11 heteroatoms. The molecule has 9 nitrogen and oxygen atoms in total. The number of anilines is 4. The van der Waals surface area contributed by atoms with Crippen molar-refractivity contribution in [2.24, 2.45) is 0 Å². The summed E-state index contributed by atoms with van der Waals surface area (Å²) < 4.78 is 24.2. The van der Waals surface area contributed by atoms with E-state index in [4.69, 9.17) is 11.6 Å². The molecule has 1 saturated carbocycles. The van der Waals surface area contributed by atoms with Gasteiger partial charge in [-0.25, -0.2) is 18.1 Å². The van der Waals surface area contributed by atoms with Crippen LogP contribution in [0.25, 0.3) is 10.9 Å². The summed E-state index contributed by atoms with van der Waals surface area (Å²) in [4.78, 5) is 8.76. The van der Waals surface area contributed by atoms with Gasteiger partial charge in [0.1, 0.15) is 5.02 Å². The monoisotopic (exact) mass is 469 g/mol. The number of fused-ring (bicyclic) bond motifs is 1. The van der Waals surface area contributed by atoms with Gasteiger partial charge < -0.3 is 10.6 Å². The molecule has 1 aliphatic rings. The molecular formula is C21H20ClN7O2S. The van der Waals surface area contributed by atoms with Gasteiger partial charge in [-0.1, -0.05) is 29.8 Å². The minimum Gasteiger partial charge on any atom is -0.339 e. The molecule has 0 amide bonds. The molecule has 164 valence electrons. The van der Waals surface area contributed by atoms with Gasteiger partial charge in [-0.3, -0.25) is 5.10 Å². The van der Waals surface area contributed by atoms with Crippen molar-refractivity contribution in [1.82, 2.24) is 24.9 Å². The minimum atomic E-state index is -2.69. The van der Waals surface area contributed by atoms with Crippen molar-refractivity contribution >= 4 is 56.5 Å². The Morgan fingerprint density at radius 1 is 1.12 bits per heavy atom. The molecule has 4 N–H and O–H groups in total. The second-order valence-corrected chi connectivity index (χ2v) is 8.77. The fourth-order valence-corrected chi connectivity index (χ4v) is 3.94. The van der Waals surface area contributed by atoms with Gasteiger partial charge >= 0.3 is 0 Å². The number of hydrogen-bond donors (Lipinski definition) is 5. The van der Waals surface area contributed by atoms with Crippen LogP contribution in [0.1, 0.15) is 30.0 Å². The lowest BCUT2D eigenvalue weighted by Crippen LogP contribution is -2.12. The Kier molecular flexibility index (Phi) is 5.64. The van der Waals surface area contributed by atoms with Gasteiger partial charge in [0.2, 0.25) is 16.8 Å². The van der Waals surface area contributed by atoms with Crippen LogP contribution < -0.4 is 15.4 Å². The van der Waals surface area contributed by atoms with E-state index in [1.807, 2.05) is 42.5 Å². The SMILES string of the molecule is O=[SH](=O)NCc1ccccc1Nc1nc(Nc2ccc3c(C4CC4)n[nH]c3c2)ncc1Cl. The first-order chi connectivity index (χ1) is 15.6. The predicted molar refractivity (Wildman–Crippen MR) is 125 cm³/mol. The average Bonchev–Trinajstić information content (AvgIpc) is 3.54. The third kappa shape index (κ3) is 4.52. The van der Waals surface area contributed by atoms with E-state index in [0.717, 1.165) is 27.8 Å². The van der Waals surface area contributed by atoms with E-state index in [2.05, 4.69) is 35.5 Å². The maximum atomic E-state index is 10.9. The first-order valence-electron chi connectivity index (χ1n) is 10.1. The van der Waals surface area contributed by atoms with Crippen molar-refractivity contribution in [1.29, 1.82) is 0 Å². The molecule has 4 aromatic rings. The van der Waals surface area contributed by atoms with Gasteiger partial charge in [0.15, 0.2) is 5.82 Å². The smallest absolute Gasteiger partial charge is 0.229 e. The molecule has 1 fully saturated rings. The number of aromatic nitrogens is 4. The lowest BCUT2D eigenvalue weighted by molar-refractivity contribution is 0.601. The molecule has 0 unspecified atom stereocenters. The first kappa shape index (κ1) is 20.7. The fourth-order valence-electron chi connectivity index (χ4n) is 3.50. The van der Waals surface area contributed by atoms with Gasteiger partial charge in [0.25, 0.3) is 0 Å². The quantitative estimate of drug-likeness (QED) is 0.247. The molecule has 2 heterocycles. The second-order valence-electron chi connectivity index (χ2n) is 7.53. The summed E-state index contributed by atoms with van der Waals surface area (Å²) >= 11 is 6.30. The highest BCUT2D eigenvalue weighted by Crippen LogP contribution is 2.42. The maximum absolute atomic E-state index is 10.9. The molecule has 2 aromatic heterocycles. The zero-order valence-electron chi connectivity index (χ0n) is 16.8. The molecule has 0 bridgehead atoms. The second kappa shape index (κ2) is 8.73. The Labute approximate surface area is 190 Å². The van der Waals surface area contributed by atoms with Crippen molar-refractivity contribution in [3.05, 3.63) is 64.9 Å². The van der Waals surface area contributed by atoms with Crippen molar-refractivity contribution in [3.63, 3.8) is 0 Å².